The predicted octanol–water partition coefficient (Wildman–Crippen LogP) is 3.31. The Balaban J connectivity index is 1.97. The van der Waals surface area contributed by atoms with E-state index in [2.05, 4.69) is 48.8 Å². The van der Waals surface area contributed by atoms with Gasteiger partial charge in [-0.15, -0.1) is 0 Å². The Labute approximate surface area is 138 Å². The van der Waals surface area contributed by atoms with Crippen molar-refractivity contribution >= 4 is 23.0 Å². The van der Waals surface area contributed by atoms with Crippen LogP contribution in [0.15, 0.2) is 24.3 Å². The van der Waals surface area contributed by atoms with E-state index in [-0.39, 0.29) is 0 Å². The number of anilines is 1. The van der Waals surface area contributed by atoms with Crippen molar-refractivity contribution in [3.05, 3.63) is 35.4 Å². The number of fused-ring (bicyclic) bond motifs is 1. The number of piperazine rings is 1. The van der Waals surface area contributed by atoms with E-state index >= 15 is 0 Å². The van der Waals surface area contributed by atoms with Crippen LogP contribution in [0.2, 0.25) is 0 Å². The second-order valence-corrected chi connectivity index (χ2v) is 6.55. The standard InChI is InChI=1S/C19H25N3O/c1-4-21-7-9-22(10-8-21)19-17(13-23)12-16-11-15(14(2)3)5-6-18(16)20-19/h5-6,11-14H,4,7-10H2,1-3H3. The van der Waals surface area contributed by atoms with E-state index in [0.29, 0.717) is 11.5 Å². The fraction of sp³-hybridized carbons (Fsp3) is 0.474. The third kappa shape index (κ3) is 3.22. The summed E-state index contributed by atoms with van der Waals surface area (Å²) in [5.74, 6) is 1.31. The minimum absolute atomic E-state index is 0.473. The highest BCUT2D eigenvalue weighted by atomic mass is 16.1. The molecule has 3 rings (SSSR count). The van der Waals surface area contributed by atoms with E-state index in [1.54, 1.807) is 0 Å². The van der Waals surface area contributed by atoms with Crippen LogP contribution in [0.3, 0.4) is 0 Å². The second-order valence-electron chi connectivity index (χ2n) is 6.55. The molecule has 122 valence electrons. The molecule has 1 aromatic carbocycles. The second kappa shape index (κ2) is 6.67. The lowest BCUT2D eigenvalue weighted by Gasteiger charge is -2.35. The number of benzene rings is 1. The summed E-state index contributed by atoms with van der Waals surface area (Å²) in [4.78, 5) is 21.0. The highest BCUT2D eigenvalue weighted by molar-refractivity contribution is 5.92. The maximum Gasteiger partial charge on any atom is 0.153 e. The van der Waals surface area contributed by atoms with Gasteiger partial charge in [0, 0.05) is 31.6 Å². The van der Waals surface area contributed by atoms with E-state index in [1.165, 1.54) is 5.56 Å². The zero-order valence-electron chi connectivity index (χ0n) is 14.2. The van der Waals surface area contributed by atoms with E-state index in [0.717, 1.165) is 55.7 Å². The number of likely N-dealkylation sites (N-methyl/N-ethyl adjacent to an activating group) is 1. The summed E-state index contributed by atoms with van der Waals surface area (Å²) in [5.41, 5.74) is 2.94. The molecule has 0 unspecified atom stereocenters. The van der Waals surface area contributed by atoms with Crippen molar-refractivity contribution in [1.29, 1.82) is 0 Å². The summed E-state index contributed by atoms with van der Waals surface area (Å²) in [6.07, 6.45) is 0.940. The topological polar surface area (TPSA) is 36.4 Å². The summed E-state index contributed by atoms with van der Waals surface area (Å²) in [6.45, 7) is 11.5. The molecule has 0 amide bonds. The Bertz CT molecular complexity index is 703. The average molecular weight is 311 g/mol. The largest absolute Gasteiger partial charge is 0.353 e. The molecule has 4 nitrogen and oxygen atoms in total. The number of nitrogens with zero attached hydrogens (tertiary/aromatic N) is 3. The van der Waals surface area contributed by atoms with Crippen molar-refractivity contribution < 1.29 is 4.79 Å². The molecule has 0 atom stereocenters. The van der Waals surface area contributed by atoms with Crippen LogP contribution in [0.5, 0.6) is 0 Å². The van der Waals surface area contributed by atoms with Gasteiger partial charge in [0.15, 0.2) is 6.29 Å². The van der Waals surface area contributed by atoms with Gasteiger partial charge in [0.25, 0.3) is 0 Å². The first-order valence-electron chi connectivity index (χ1n) is 8.49. The third-order valence-electron chi connectivity index (χ3n) is 4.76. The van der Waals surface area contributed by atoms with Crippen LogP contribution in [0.25, 0.3) is 10.9 Å². The summed E-state index contributed by atoms with van der Waals surface area (Å²) in [5, 5.41) is 1.05. The Kier molecular flexibility index (Phi) is 4.62. The lowest BCUT2D eigenvalue weighted by Crippen LogP contribution is -2.46. The summed E-state index contributed by atoms with van der Waals surface area (Å²) >= 11 is 0. The number of hydrogen-bond acceptors (Lipinski definition) is 4. The van der Waals surface area contributed by atoms with Gasteiger partial charge in [-0.2, -0.15) is 0 Å². The van der Waals surface area contributed by atoms with Crippen molar-refractivity contribution in [2.24, 2.45) is 0 Å². The molecule has 2 aromatic rings. The molecule has 4 heteroatoms. The molecular formula is C19H25N3O. The quantitative estimate of drug-likeness (QED) is 0.812. The molecule has 1 aliphatic rings. The van der Waals surface area contributed by atoms with Gasteiger partial charge >= 0.3 is 0 Å². The summed E-state index contributed by atoms with van der Waals surface area (Å²) < 4.78 is 0. The zero-order chi connectivity index (χ0) is 16.4. The van der Waals surface area contributed by atoms with Crippen molar-refractivity contribution in [2.75, 3.05) is 37.6 Å². The van der Waals surface area contributed by atoms with E-state index in [9.17, 15) is 4.79 Å². The minimum Gasteiger partial charge on any atom is -0.353 e. The van der Waals surface area contributed by atoms with Gasteiger partial charge < -0.3 is 9.80 Å². The average Bonchev–Trinajstić information content (AvgIpc) is 2.60. The molecule has 0 aliphatic carbocycles. The van der Waals surface area contributed by atoms with Gasteiger partial charge in [0.2, 0.25) is 0 Å². The Hall–Kier alpha value is -1.94. The first-order chi connectivity index (χ1) is 11.1. The molecule has 0 bridgehead atoms. The normalized spacial score (nSPS) is 16.3. The number of hydrogen-bond donors (Lipinski definition) is 0. The Morgan fingerprint density at radius 1 is 1.17 bits per heavy atom. The molecule has 1 fully saturated rings. The molecule has 23 heavy (non-hydrogen) atoms. The fourth-order valence-electron chi connectivity index (χ4n) is 3.18. The van der Waals surface area contributed by atoms with Crippen LogP contribution < -0.4 is 4.90 Å². The molecule has 1 saturated heterocycles. The fourth-order valence-corrected chi connectivity index (χ4v) is 3.18. The summed E-state index contributed by atoms with van der Waals surface area (Å²) in [7, 11) is 0. The highest BCUT2D eigenvalue weighted by Gasteiger charge is 2.20. The van der Waals surface area contributed by atoms with Crippen LogP contribution in [0.1, 0.15) is 42.6 Å². The van der Waals surface area contributed by atoms with E-state index < -0.39 is 0 Å². The van der Waals surface area contributed by atoms with Crippen LogP contribution in [0, 0.1) is 0 Å². The number of aromatic nitrogens is 1. The smallest absolute Gasteiger partial charge is 0.153 e. The Morgan fingerprint density at radius 2 is 1.91 bits per heavy atom. The molecular weight excluding hydrogens is 286 g/mol. The highest BCUT2D eigenvalue weighted by Crippen LogP contribution is 2.26. The molecule has 1 aliphatic heterocycles. The molecule has 1 aromatic heterocycles. The molecule has 2 heterocycles. The van der Waals surface area contributed by atoms with Crippen molar-refractivity contribution in [1.82, 2.24) is 9.88 Å². The third-order valence-corrected chi connectivity index (χ3v) is 4.76. The van der Waals surface area contributed by atoms with Gasteiger partial charge in [-0.05, 0) is 36.2 Å². The number of aldehydes is 1. The Morgan fingerprint density at radius 3 is 2.52 bits per heavy atom. The van der Waals surface area contributed by atoms with Crippen LogP contribution in [-0.4, -0.2) is 48.9 Å². The molecule has 0 radical (unpaired) electrons. The summed E-state index contributed by atoms with van der Waals surface area (Å²) in [6, 6.07) is 8.35. The zero-order valence-corrected chi connectivity index (χ0v) is 14.2. The molecule has 0 spiro atoms. The van der Waals surface area contributed by atoms with E-state index in [1.807, 2.05) is 6.07 Å². The number of carbonyl (C=O) groups excluding carboxylic acids is 1. The van der Waals surface area contributed by atoms with Crippen molar-refractivity contribution in [3.8, 4) is 0 Å². The number of pyridine rings is 1. The maximum absolute atomic E-state index is 11.6. The minimum atomic E-state index is 0.473. The SMILES string of the molecule is CCN1CCN(c2nc3ccc(C(C)C)cc3cc2C=O)CC1. The van der Waals surface area contributed by atoms with Crippen molar-refractivity contribution in [2.45, 2.75) is 26.7 Å². The molecule has 0 N–H and O–H groups in total. The monoisotopic (exact) mass is 311 g/mol. The van der Waals surface area contributed by atoms with Gasteiger partial charge in [0.05, 0.1) is 11.1 Å². The lowest BCUT2D eigenvalue weighted by atomic mass is 10.0. The van der Waals surface area contributed by atoms with Gasteiger partial charge in [0.1, 0.15) is 5.82 Å². The first kappa shape index (κ1) is 15.9. The van der Waals surface area contributed by atoms with Crippen LogP contribution >= 0.6 is 0 Å². The van der Waals surface area contributed by atoms with Crippen molar-refractivity contribution in [3.63, 3.8) is 0 Å². The number of rotatable bonds is 4. The van der Waals surface area contributed by atoms with Crippen LogP contribution in [0.4, 0.5) is 5.82 Å². The lowest BCUT2D eigenvalue weighted by molar-refractivity contribution is 0.112. The van der Waals surface area contributed by atoms with Gasteiger partial charge in [-0.1, -0.05) is 26.8 Å². The first-order valence-corrected chi connectivity index (χ1v) is 8.49. The van der Waals surface area contributed by atoms with E-state index in [4.69, 9.17) is 4.98 Å². The van der Waals surface area contributed by atoms with Gasteiger partial charge in [-0.3, -0.25) is 4.79 Å². The predicted molar refractivity (Wildman–Crippen MR) is 95.5 cm³/mol. The molecule has 0 saturated carbocycles. The number of carbonyl (C=O) groups is 1. The van der Waals surface area contributed by atoms with Crippen LogP contribution in [-0.2, 0) is 0 Å². The van der Waals surface area contributed by atoms with Gasteiger partial charge in [-0.25, -0.2) is 4.98 Å². The maximum atomic E-state index is 11.6.